The first-order chi connectivity index (χ1) is 10.5. The van der Waals surface area contributed by atoms with E-state index in [1.54, 1.807) is 16.8 Å². The van der Waals surface area contributed by atoms with Crippen molar-refractivity contribution in [3.05, 3.63) is 41.1 Å². The van der Waals surface area contributed by atoms with Crippen LogP contribution in [-0.4, -0.2) is 27.8 Å². The van der Waals surface area contributed by atoms with Crippen molar-refractivity contribution < 1.29 is 14.0 Å². The van der Waals surface area contributed by atoms with Crippen LogP contribution < -0.4 is 10.7 Å². The largest absolute Gasteiger partial charge is 0.467 e. The molecule has 0 aliphatic heterocycles. The molecule has 0 unspecified atom stereocenters. The third kappa shape index (κ3) is 3.60. The zero-order valence-corrected chi connectivity index (χ0v) is 12.6. The van der Waals surface area contributed by atoms with Crippen molar-refractivity contribution in [2.24, 2.45) is 12.1 Å². The first-order valence-electron chi connectivity index (χ1n) is 6.63. The summed E-state index contributed by atoms with van der Waals surface area (Å²) in [6, 6.07) is 3.40. The molecule has 8 heteroatoms. The summed E-state index contributed by atoms with van der Waals surface area (Å²) in [5.41, 5.74) is 4.69. The van der Waals surface area contributed by atoms with Crippen LogP contribution in [0, 0.1) is 13.8 Å². The number of hydrazone groups is 1. The Labute approximate surface area is 127 Å². The Balaban J connectivity index is 1.86. The van der Waals surface area contributed by atoms with Gasteiger partial charge in [-0.25, -0.2) is 5.43 Å². The standard InChI is InChI=1S/C14H17N5O3/c1-9-12(10(2)19(3)18-9)8-16-17-14(21)13(20)15-7-11-5-4-6-22-11/h4-6,8H,7H2,1-3H3,(H,15,20)(H,17,21)/b16-8-. The average Bonchev–Trinajstić information content (AvgIpc) is 3.08. The SMILES string of the molecule is Cc1nn(C)c(C)c1/C=N\NC(=O)C(=O)NCc1ccco1. The van der Waals surface area contributed by atoms with Crippen LogP contribution in [0.1, 0.15) is 22.7 Å². The Morgan fingerprint density at radius 2 is 2.18 bits per heavy atom. The van der Waals surface area contributed by atoms with Gasteiger partial charge < -0.3 is 9.73 Å². The average molecular weight is 303 g/mol. The Bertz CT molecular complexity index is 700. The molecule has 0 aromatic carbocycles. The lowest BCUT2D eigenvalue weighted by molar-refractivity contribution is -0.139. The van der Waals surface area contributed by atoms with Crippen LogP contribution in [0.3, 0.4) is 0 Å². The van der Waals surface area contributed by atoms with E-state index in [-0.39, 0.29) is 6.54 Å². The summed E-state index contributed by atoms with van der Waals surface area (Å²) in [6.07, 6.45) is 2.96. The van der Waals surface area contributed by atoms with Crippen LogP contribution in [0.2, 0.25) is 0 Å². The molecule has 116 valence electrons. The van der Waals surface area contributed by atoms with Crippen LogP contribution in [0.5, 0.6) is 0 Å². The van der Waals surface area contributed by atoms with Gasteiger partial charge in [-0.1, -0.05) is 0 Å². The first kappa shape index (κ1) is 15.5. The minimum Gasteiger partial charge on any atom is -0.467 e. The molecule has 8 nitrogen and oxygen atoms in total. The molecule has 0 aliphatic carbocycles. The molecule has 0 radical (unpaired) electrons. The second-order valence-corrected chi connectivity index (χ2v) is 4.67. The number of nitrogens with zero attached hydrogens (tertiary/aromatic N) is 3. The number of hydrogen-bond acceptors (Lipinski definition) is 5. The van der Waals surface area contributed by atoms with Gasteiger partial charge in [0.2, 0.25) is 0 Å². The highest BCUT2D eigenvalue weighted by Gasteiger charge is 2.13. The van der Waals surface area contributed by atoms with Gasteiger partial charge in [0, 0.05) is 18.3 Å². The molecule has 2 N–H and O–H groups in total. The molecular weight excluding hydrogens is 286 g/mol. The van der Waals surface area contributed by atoms with Gasteiger partial charge in [0.15, 0.2) is 0 Å². The summed E-state index contributed by atoms with van der Waals surface area (Å²) < 4.78 is 6.76. The number of carbonyl (C=O) groups is 2. The fraction of sp³-hybridized carbons (Fsp3) is 0.286. The third-order valence-corrected chi connectivity index (χ3v) is 3.13. The Kier molecular flexibility index (Phi) is 4.72. The Morgan fingerprint density at radius 3 is 2.77 bits per heavy atom. The monoisotopic (exact) mass is 303 g/mol. The number of aryl methyl sites for hydroxylation is 2. The number of nitrogens with one attached hydrogen (secondary N) is 2. The third-order valence-electron chi connectivity index (χ3n) is 3.13. The van der Waals surface area contributed by atoms with Crippen molar-refractivity contribution in [1.82, 2.24) is 20.5 Å². The van der Waals surface area contributed by atoms with Crippen molar-refractivity contribution in [3.63, 3.8) is 0 Å². The first-order valence-corrected chi connectivity index (χ1v) is 6.63. The lowest BCUT2D eigenvalue weighted by Gasteiger charge is -2.01. The molecule has 0 aliphatic rings. The van der Waals surface area contributed by atoms with E-state index in [1.807, 2.05) is 20.9 Å². The fourth-order valence-electron chi connectivity index (χ4n) is 1.84. The van der Waals surface area contributed by atoms with Crippen LogP contribution in [0.4, 0.5) is 0 Å². The van der Waals surface area contributed by atoms with Crippen molar-refractivity contribution in [2.75, 3.05) is 0 Å². The van der Waals surface area contributed by atoms with Gasteiger partial charge in [-0.2, -0.15) is 10.2 Å². The van der Waals surface area contributed by atoms with Gasteiger partial charge in [-0.15, -0.1) is 0 Å². The predicted octanol–water partition coefficient (Wildman–Crippen LogP) is 0.396. The van der Waals surface area contributed by atoms with E-state index in [2.05, 4.69) is 20.9 Å². The van der Waals surface area contributed by atoms with E-state index in [1.165, 1.54) is 12.5 Å². The molecule has 2 amide bonds. The van der Waals surface area contributed by atoms with Gasteiger partial charge in [-0.05, 0) is 26.0 Å². The zero-order chi connectivity index (χ0) is 16.1. The molecule has 0 fully saturated rings. The molecule has 2 heterocycles. The van der Waals surface area contributed by atoms with E-state index in [4.69, 9.17) is 4.42 Å². The summed E-state index contributed by atoms with van der Waals surface area (Å²) >= 11 is 0. The molecule has 0 saturated carbocycles. The maximum atomic E-state index is 11.6. The van der Waals surface area contributed by atoms with Crippen LogP contribution in [-0.2, 0) is 23.2 Å². The maximum absolute atomic E-state index is 11.6. The van der Waals surface area contributed by atoms with E-state index in [0.29, 0.717) is 5.76 Å². The fourth-order valence-corrected chi connectivity index (χ4v) is 1.84. The second kappa shape index (κ2) is 6.70. The summed E-state index contributed by atoms with van der Waals surface area (Å²) in [4.78, 5) is 23.1. The van der Waals surface area contributed by atoms with Gasteiger partial charge >= 0.3 is 11.8 Å². The highest BCUT2D eigenvalue weighted by atomic mass is 16.3. The summed E-state index contributed by atoms with van der Waals surface area (Å²) in [5, 5.41) is 10.4. The van der Waals surface area contributed by atoms with Gasteiger partial charge in [0.05, 0.1) is 24.7 Å². The number of carbonyl (C=O) groups excluding carboxylic acids is 2. The number of aromatic nitrogens is 2. The molecule has 2 aromatic heterocycles. The molecule has 2 rings (SSSR count). The Hall–Kier alpha value is -2.90. The maximum Gasteiger partial charge on any atom is 0.329 e. The van der Waals surface area contributed by atoms with Crippen molar-refractivity contribution >= 4 is 18.0 Å². The van der Waals surface area contributed by atoms with Gasteiger partial charge in [-0.3, -0.25) is 14.3 Å². The van der Waals surface area contributed by atoms with Crippen molar-refractivity contribution in [1.29, 1.82) is 0 Å². The van der Waals surface area contributed by atoms with Crippen LogP contribution in [0.15, 0.2) is 27.9 Å². The second-order valence-electron chi connectivity index (χ2n) is 4.67. The summed E-state index contributed by atoms with van der Waals surface area (Å²) in [6.45, 7) is 3.87. The summed E-state index contributed by atoms with van der Waals surface area (Å²) in [7, 11) is 1.82. The molecule has 0 bridgehead atoms. The number of furan rings is 1. The van der Waals surface area contributed by atoms with E-state index in [0.717, 1.165) is 17.0 Å². The molecule has 0 spiro atoms. The quantitative estimate of drug-likeness (QED) is 0.485. The normalized spacial score (nSPS) is 10.9. The van der Waals surface area contributed by atoms with E-state index in [9.17, 15) is 9.59 Å². The number of amides is 2. The van der Waals surface area contributed by atoms with E-state index < -0.39 is 11.8 Å². The minimum absolute atomic E-state index is 0.143. The lowest BCUT2D eigenvalue weighted by atomic mass is 10.2. The molecular formula is C14H17N5O3. The molecule has 0 atom stereocenters. The van der Waals surface area contributed by atoms with Gasteiger partial charge in [0.25, 0.3) is 0 Å². The lowest BCUT2D eigenvalue weighted by Crippen LogP contribution is -2.37. The van der Waals surface area contributed by atoms with Gasteiger partial charge in [0.1, 0.15) is 5.76 Å². The van der Waals surface area contributed by atoms with Crippen molar-refractivity contribution in [2.45, 2.75) is 20.4 Å². The van der Waals surface area contributed by atoms with E-state index >= 15 is 0 Å². The van der Waals surface area contributed by atoms with Crippen LogP contribution >= 0.6 is 0 Å². The number of hydrogen-bond donors (Lipinski definition) is 2. The molecule has 2 aromatic rings. The van der Waals surface area contributed by atoms with Crippen LogP contribution in [0.25, 0.3) is 0 Å². The highest BCUT2D eigenvalue weighted by molar-refractivity contribution is 6.35. The zero-order valence-electron chi connectivity index (χ0n) is 12.6. The molecule has 0 saturated heterocycles. The predicted molar refractivity (Wildman–Crippen MR) is 79.0 cm³/mol. The molecule has 22 heavy (non-hydrogen) atoms. The topological polar surface area (TPSA) is 102 Å². The minimum atomic E-state index is -0.845. The highest BCUT2D eigenvalue weighted by Crippen LogP contribution is 2.08. The number of rotatable bonds is 4. The summed E-state index contributed by atoms with van der Waals surface area (Å²) in [5.74, 6) is -1.07. The van der Waals surface area contributed by atoms with Crippen molar-refractivity contribution in [3.8, 4) is 0 Å². The Morgan fingerprint density at radius 1 is 1.41 bits per heavy atom. The smallest absolute Gasteiger partial charge is 0.329 e.